The molecule has 1 aliphatic rings. The van der Waals surface area contributed by atoms with Crippen molar-refractivity contribution in [2.24, 2.45) is 0 Å². The minimum absolute atomic E-state index is 0.218. The third-order valence-corrected chi connectivity index (χ3v) is 4.28. The van der Waals surface area contributed by atoms with Crippen molar-refractivity contribution in [1.29, 1.82) is 0 Å². The number of hydrogen-bond acceptors (Lipinski definition) is 11. The zero-order valence-corrected chi connectivity index (χ0v) is 14.4. The standard InChI is InChI=1S/C10H13N5O4.C5H4N4/c11-8-5-9(13-2-12-8)15(3-14-5)10-7(18)6(17)4(1-16)19-10;1-4-5(8-2-6-1)9-3-7-4/h2-4,6-7,10,16-18H,1H2,(H2,11,12,13);1-3H,(H,6,7,8,9)/t4-,6-,7-,10-;/m1./s1. The number of hydrogen-bond donors (Lipinski definition) is 5. The summed E-state index contributed by atoms with van der Waals surface area (Å²) >= 11 is 0. The van der Waals surface area contributed by atoms with Crippen molar-refractivity contribution in [3.63, 3.8) is 0 Å². The van der Waals surface area contributed by atoms with Crippen LogP contribution in [0.5, 0.6) is 0 Å². The molecule has 4 aromatic rings. The van der Waals surface area contributed by atoms with Gasteiger partial charge in [-0.1, -0.05) is 0 Å². The molecular formula is C15H17N9O4. The van der Waals surface area contributed by atoms with Crippen molar-refractivity contribution in [3.05, 3.63) is 31.5 Å². The molecule has 0 aliphatic carbocycles. The van der Waals surface area contributed by atoms with E-state index < -0.39 is 31.1 Å². The van der Waals surface area contributed by atoms with Crippen molar-refractivity contribution in [2.75, 3.05) is 12.3 Å². The summed E-state index contributed by atoms with van der Waals surface area (Å²) < 4.78 is 6.85. The Bertz CT molecular complexity index is 1050. The van der Waals surface area contributed by atoms with E-state index in [4.69, 9.17) is 15.6 Å². The van der Waals surface area contributed by atoms with Gasteiger partial charge in [-0.25, -0.2) is 29.9 Å². The highest BCUT2D eigenvalue weighted by molar-refractivity contribution is 5.81. The molecule has 5 rings (SSSR count). The van der Waals surface area contributed by atoms with Gasteiger partial charge in [0.1, 0.15) is 42.0 Å². The number of H-pyrrole nitrogens is 1. The number of aliphatic hydroxyl groups is 3. The molecule has 0 saturated carbocycles. The lowest BCUT2D eigenvalue weighted by Crippen LogP contribution is -2.33. The lowest BCUT2D eigenvalue weighted by molar-refractivity contribution is -0.0511. The van der Waals surface area contributed by atoms with E-state index in [0.717, 1.165) is 11.2 Å². The number of aromatic nitrogens is 8. The van der Waals surface area contributed by atoms with E-state index in [2.05, 4.69) is 34.9 Å². The van der Waals surface area contributed by atoms with Gasteiger partial charge >= 0.3 is 0 Å². The van der Waals surface area contributed by atoms with Gasteiger partial charge in [0.25, 0.3) is 0 Å². The van der Waals surface area contributed by atoms with Gasteiger partial charge < -0.3 is 30.8 Å². The largest absolute Gasteiger partial charge is 0.394 e. The molecule has 0 amide bonds. The first-order valence-electron chi connectivity index (χ1n) is 8.24. The number of aliphatic hydroxyl groups excluding tert-OH is 3. The van der Waals surface area contributed by atoms with Gasteiger partial charge in [-0.05, 0) is 0 Å². The summed E-state index contributed by atoms with van der Waals surface area (Å²) in [5, 5.41) is 28.7. The maximum Gasteiger partial charge on any atom is 0.167 e. The minimum Gasteiger partial charge on any atom is -0.394 e. The Kier molecular flexibility index (Phi) is 4.79. The van der Waals surface area contributed by atoms with Gasteiger partial charge in [0.05, 0.1) is 25.5 Å². The van der Waals surface area contributed by atoms with Crippen molar-refractivity contribution in [1.82, 2.24) is 39.5 Å². The summed E-state index contributed by atoms with van der Waals surface area (Å²) in [7, 11) is 0. The lowest BCUT2D eigenvalue weighted by atomic mass is 10.1. The number of anilines is 1. The first kappa shape index (κ1) is 18.1. The molecular weight excluding hydrogens is 370 g/mol. The summed E-state index contributed by atoms with van der Waals surface area (Å²) in [6, 6.07) is 0. The lowest BCUT2D eigenvalue weighted by Gasteiger charge is -2.16. The van der Waals surface area contributed by atoms with Crippen LogP contribution >= 0.6 is 0 Å². The molecule has 1 aliphatic heterocycles. The molecule has 0 spiro atoms. The van der Waals surface area contributed by atoms with Gasteiger partial charge in [0.15, 0.2) is 23.3 Å². The second-order valence-corrected chi connectivity index (χ2v) is 5.97. The maximum absolute atomic E-state index is 9.95. The molecule has 0 radical (unpaired) electrons. The van der Waals surface area contributed by atoms with E-state index in [9.17, 15) is 10.2 Å². The number of nitrogens with one attached hydrogen (secondary N) is 1. The Morgan fingerprint density at radius 3 is 2.71 bits per heavy atom. The topological polar surface area (TPSA) is 194 Å². The fourth-order valence-corrected chi connectivity index (χ4v) is 2.86. The molecule has 0 bridgehead atoms. The van der Waals surface area contributed by atoms with Crippen LogP contribution in [0.3, 0.4) is 0 Å². The number of nitrogen functional groups attached to an aromatic ring is 1. The van der Waals surface area contributed by atoms with Crippen LogP contribution in [0.15, 0.2) is 31.5 Å². The van der Waals surface area contributed by atoms with Crippen LogP contribution in [0.1, 0.15) is 6.23 Å². The number of ether oxygens (including phenoxy) is 1. The van der Waals surface area contributed by atoms with Gasteiger partial charge in [-0.15, -0.1) is 0 Å². The highest BCUT2D eigenvalue weighted by atomic mass is 16.6. The monoisotopic (exact) mass is 387 g/mol. The molecule has 13 heteroatoms. The third-order valence-electron chi connectivity index (χ3n) is 4.28. The molecule has 28 heavy (non-hydrogen) atoms. The molecule has 1 fully saturated rings. The van der Waals surface area contributed by atoms with Crippen LogP contribution < -0.4 is 5.73 Å². The Hall–Kier alpha value is -3.26. The fourth-order valence-electron chi connectivity index (χ4n) is 2.86. The van der Waals surface area contributed by atoms with E-state index in [-0.39, 0.29) is 5.82 Å². The molecule has 146 valence electrons. The predicted octanol–water partition coefficient (Wildman–Crippen LogP) is -1.63. The van der Waals surface area contributed by atoms with Gasteiger partial charge in [-0.2, -0.15) is 0 Å². The first-order valence-corrected chi connectivity index (χ1v) is 8.24. The van der Waals surface area contributed by atoms with Crippen LogP contribution in [0.25, 0.3) is 22.3 Å². The van der Waals surface area contributed by atoms with E-state index >= 15 is 0 Å². The summed E-state index contributed by atoms with van der Waals surface area (Å²) in [6.07, 6.45) is 3.33. The number of aromatic amines is 1. The summed E-state index contributed by atoms with van der Waals surface area (Å²) in [5.41, 5.74) is 8.03. The first-order chi connectivity index (χ1) is 13.6. The van der Waals surface area contributed by atoms with Crippen LogP contribution in [0.4, 0.5) is 5.82 Å². The summed E-state index contributed by atoms with van der Waals surface area (Å²) in [5.74, 6) is 0.218. The summed E-state index contributed by atoms with van der Waals surface area (Å²) in [6.45, 7) is -0.390. The minimum atomic E-state index is -1.19. The van der Waals surface area contributed by atoms with E-state index in [0.29, 0.717) is 11.2 Å². The zero-order valence-electron chi connectivity index (χ0n) is 14.4. The molecule has 0 unspecified atom stereocenters. The molecule has 4 atom stereocenters. The van der Waals surface area contributed by atoms with Crippen LogP contribution in [0, 0.1) is 0 Å². The Morgan fingerprint density at radius 1 is 1.11 bits per heavy atom. The van der Waals surface area contributed by atoms with E-state index in [1.807, 2.05) is 0 Å². The average Bonchev–Trinajstić information content (AvgIpc) is 3.42. The molecule has 0 aromatic carbocycles. The normalized spacial score (nSPS) is 24.4. The van der Waals surface area contributed by atoms with Crippen molar-refractivity contribution in [2.45, 2.75) is 24.5 Å². The summed E-state index contributed by atoms with van der Waals surface area (Å²) in [4.78, 5) is 26.4. The highest BCUT2D eigenvalue weighted by Gasteiger charge is 2.43. The van der Waals surface area contributed by atoms with Gasteiger partial charge in [0.2, 0.25) is 0 Å². The number of imidazole rings is 2. The maximum atomic E-state index is 9.95. The zero-order chi connectivity index (χ0) is 19.7. The highest BCUT2D eigenvalue weighted by Crippen LogP contribution is 2.31. The second kappa shape index (κ2) is 7.40. The van der Waals surface area contributed by atoms with Crippen LogP contribution in [-0.4, -0.2) is 79.7 Å². The smallest absolute Gasteiger partial charge is 0.167 e. The van der Waals surface area contributed by atoms with Crippen molar-refractivity contribution < 1.29 is 20.1 Å². The fraction of sp³-hybridized carbons (Fsp3) is 0.333. The SMILES string of the molecule is Nc1ncnc2c1ncn2[C@@H]1O[C@H](CO)[C@@H](O)[C@H]1O.c1ncc2nc[nH]c2n1. The molecule has 6 N–H and O–H groups in total. The number of fused-ring (bicyclic) bond motifs is 2. The van der Waals surface area contributed by atoms with Crippen LogP contribution in [-0.2, 0) is 4.74 Å². The predicted molar refractivity (Wildman–Crippen MR) is 94.4 cm³/mol. The Balaban J connectivity index is 0.000000177. The Morgan fingerprint density at radius 2 is 1.96 bits per heavy atom. The van der Waals surface area contributed by atoms with Gasteiger partial charge in [0, 0.05) is 0 Å². The molecule has 1 saturated heterocycles. The quantitative estimate of drug-likeness (QED) is 0.265. The van der Waals surface area contributed by atoms with Crippen molar-refractivity contribution >= 4 is 28.1 Å². The number of nitrogens with two attached hydrogens (primary N) is 1. The molecule has 13 nitrogen and oxygen atoms in total. The van der Waals surface area contributed by atoms with Crippen molar-refractivity contribution in [3.8, 4) is 0 Å². The van der Waals surface area contributed by atoms with Gasteiger partial charge in [-0.3, -0.25) is 4.57 Å². The van der Waals surface area contributed by atoms with E-state index in [1.54, 1.807) is 12.5 Å². The van der Waals surface area contributed by atoms with Crippen LogP contribution in [0.2, 0.25) is 0 Å². The Labute approximate surface area is 156 Å². The number of nitrogens with zero attached hydrogens (tertiary/aromatic N) is 7. The molecule has 5 heterocycles. The third kappa shape index (κ3) is 3.11. The number of rotatable bonds is 2. The van der Waals surface area contributed by atoms with E-state index in [1.165, 1.54) is 23.5 Å². The molecule has 4 aromatic heterocycles. The average molecular weight is 387 g/mol. The second-order valence-electron chi connectivity index (χ2n) is 5.97.